The van der Waals surface area contributed by atoms with Gasteiger partial charge in [-0.3, -0.25) is 4.79 Å². The standard InChI is InChI=1S/C18H20N2O8S/c1-25-11-4-6-16(27-3)14(8-11)20-17(21)10-28-18(22)13-9-12(29(19,23)24)5-7-15(13)26-2/h4-9H,10H2,1-3H3,(H,20,21)(H2,19,23,24). The minimum Gasteiger partial charge on any atom is -0.497 e. The minimum atomic E-state index is -4.04. The highest BCUT2D eigenvalue weighted by atomic mass is 32.2. The molecule has 0 atom stereocenters. The van der Waals surface area contributed by atoms with E-state index in [2.05, 4.69) is 5.32 Å². The third-order valence-electron chi connectivity index (χ3n) is 3.73. The van der Waals surface area contributed by atoms with Gasteiger partial charge in [0.05, 0.1) is 31.9 Å². The van der Waals surface area contributed by atoms with Crippen molar-refractivity contribution >= 4 is 27.6 Å². The maximum absolute atomic E-state index is 12.3. The molecule has 0 saturated heterocycles. The highest BCUT2D eigenvalue weighted by Crippen LogP contribution is 2.29. The average Bonchev–Trinajstić information content (AvgIpc) is 2.70. The molecular formula is C18H20N2O8S. The summed E-state index contributed by atoms with van der Waals surface area (Å²) in [5, 5.41) is 7.61. The molecule has 1 amide bonds. The van der Waals surface area contributed by atoms with Gasteiger partial charge in [-0.05, 0) is 30.3 Å². The number of sulfonamides is 1. The van der Waals surface area contributed by atoms with Crippen LogP contribution in [-0.2, 0) is 19.6 Å². The molecule has 2 rings (SSSR count). The fraction of sp³-hybridized carbons (Fsp3) is 0.222. The first-order valence-electron chi connectivity index (χ1n) is 8.09. The van der Waals surface area contributed by atoms with Crippen molar-refractivity contribution in [2.75, 3.05) is 33.3 Å². The van der Waals surface area contributed by atoms with E-state index in [9.17, 15) is 18.0 Å². The van der Waals surface area contributed by atoms with E-state index in [0.717, 1.165) is 6.07 Å². The van der Waals surface area contributed by atoms with Crippen LogP contribution in [-0.4, -0.2) is 48.2 Å². The molecule has 3 N–H and O–H groups in total. The van der Waals surface area contributed by atoms with Crippen LogP contribution in [0.5, 0.6) is 17.2 Å². The smallest absolute Gasteiger partial charge is 0.342 e. The summed E-state index contributed by atoms with van der Waals surface area (Å²) in [5.41, 5.74) is 0.132. The molecule has 10 nitrogen and oxygen atoms in total. The number of amides is 1. The topological polar surface area (TPSA) is 143 Å². The SMILES string of the molecule is COc1ccc(OC)c(NC(=O)COC(=O)c2cc(S(N)(=O)=O)ccc2OC)c1. The second-order valence-electron chi connectivity index (χ2n) is 5.60. The van der Waals surface area contributed by atoms with Gasteiger partial charge in [-0.1, -0.05) is 0 Å². The van der Waals surface area contributed by atoms with Gasteiger partial charge in [0, 0.05) is 6.07 Å². The number of carbonyl (C=O) groups is 2. The summed E-state index contributed by atoms with van der Waals surface area (Å²) in [6, 6.07) is 8.25. The fourth-order valence-electron chi connectivity index (χ4n) is 2.33. The number of hydrogen-bond acceptors (Lipinski definition) is 8. The zero-order chi connectivity index (χ0) is 21.6. The maximum atomic E-state index is 12.3. The Bertz CT molecular complexity index is 1020. The Morgan fingerprint density at radius 1 is 0.966 bits per heavy atom. The van der Waals surface area contributed by atoms with Gasteiger partial charge in [0.1, 0.15) is 22.8 Å². The first-order chi connectivity index (χ1) is 13.7. The number of nitrogens with two attached hydrogens (primary N) is 1. The number of carbonyl (C=O) groups excluding carboxylic acids is 2. The summed E-state index contributed by atoms with van der Waals surface area (Å²) in [6.45, 7) is -0.637. The molecule has 0 saturated carbocycles. The van der Waals surface area contributed by atoms with Crippen molar-refractivity contribution < 1.29 is 37.0 Å². The quantitative estimate of drug-likeness (QED) is 0.601. The van der Waals surface area contributed by atoms with E-state index in [0.29, 0.717) is 17.2 Å². The lowest BCUT2D eigenvalue weighted by atomic mass is 10.2. The number of esters is 1. The lowest BCUT2D eigenvalue weighted by Crippen LogP contribution is -2.22. The van der Waals surface area contributed by atoms with Crippen molar-refractivity contribution in [3.63, 3.8) is 0 Å². The Morgan fingerprint density at radius 2 is 1.62 bits per heavy atom. The van der Waals surface area contributed by atoms with E-state index in [-0.39, 0.29) is 16.2 Å². The van der Waals surface area contributed by atoms with Crippen LogP contribution in [0.3, 0.4) is 0 Å². The second kappa shape index (κ2) is 9.26. The van der Waals surface area contributed by atoms with Gasteiger partial charge in [0.2, 0.25) is 10.0 Å². The molecule has 11 heteroatoms. The van der Waals surface area contributed by atoms with Crippen LogP contribution in [0.25, 0.3) is 0 Å². The molecule has 0 aliphatic carbocycles. The monoisotopic (exact) mass is 424 g/mol. The van der Waals surface area contributed by atoms with Crippen molar-refractivity contribution in [3.8, 4) is 17.2 Å². The van der Waals surface area contributed by atoms with Gasteiger partial charge >= 0.3 is 5.97 Å². The molecule has 29 heavy (non-hydrogen) atoms. The van der Waals surface area contributed by atoms with Gasteiger partial charge < -0.3 is 24.3 Å². The van der Waals surface area contributed by atoms with Gasteiger partial charge in [0.25, 0.3) is 5.91 Å². The zero-order valence-corrected chi connectivity index (χ0v) is 16.7. The highest BCUT2D eigenvalue weighted by molar-refractivity contribution is 7.89. The Kier molecular flexibility index (Phi) is 7.02. The number of nitrogens with one attached hydrogen (secondary N) is 1. The Balaban J connectivity index is 2.12. The number of ether oxygens (including phenoxy) is 4. The molecule has 0 aliphatic rings. The third-order valence-corrected chi connectivity index (χ3v) is 4.65. The molecule has 0 heterocycles. The van der Waals surface area contributed by atoms with Gasteiger partial charge in [-0.15, -0.1) is 0 Å². The van der Waals surface area contributed by atoms with E-state index < -0.39 is 28.5 Å². The van der Waals surface area contributed by atoms with Crippen molar-refractivity contribution in [3.05, 3.63) is 42.0 Å². The Morgan fingerprint density at radius 3 is 2.21 bits per heavy atom. The predicted molar refractivity (Wildman–Crippen MR) is 103 cm³/mol. The molecule has 0 aromatic heterocycles. The number of primary sulfonamides is 1. The zero-order valence-electron chi connectivity index (χ0n) is 15.9. The third kappa shape index (κ3) is 5.59. The minimum absolute atomic E-state index is 0.0669. The van der Waals surface area contributed by atoms with Crippen LogP contribution < -0.4 is 24.7 Å². The number of hydrogen-bond donors (Lipinski definition) is 2. The average molecular weight is 424 g/mol. The molecule has 0 fully saturated rings. The molecule has 0 aliphatic heterocycles. The van der Waals surface area contributed by atoms with E-state index in [1.54, 1.807) is 12.1 Å². The van der Waals surface area contributed by atoms with Gasteiger partial charge in [-0.25, -0.2) is 18.4 Å². The van der Waals surface area contributed by atoms with E-state index in [1.807, 2.05) is 0 Å². The molecule has 0 bridgehead atoms. The second-order valence-corrected chi connectivity index (χ2v) is 7.16. The van der Waals surface area contributed by atoms with Crippen LogP contribution in [0.15, 0.2) is 41.3 Å². The number of benzene rings is 2. The summed E-state index contributed by atoms with van der Waals surface area (Å²) in [7, 11) is 0.161. The van der Waals surface area contributed by atoms with Crippen LogP contribution in [0.1, 0.15) is 10.4 Å². The van der Waals surface area contributed by atoms with E-state index >= 15 is 0 Å². The Hall–Kier alpha value is -3.31. The molecule has 2 aromatic rings. The van der Waals surface area contributed by atoms with Crippen molar-refractivity contribution in [1.82, 2.24) is 0 Å². The largest absolute Gasteiger partial charge is 0.497 e. The van der Waals surface area contributed by atoms with Gasteiger partial charge in [0.15, 0.2) is 6.61 Å². The van der Waals surface area contributed by atoms with E-state index in [1.165, 1.54) is 39.5 Å². The lowest BCUT2D eigenvalue weighted by Gasteiger charge is -2.13. The summed E-state index contributed by atoms with van der Waals surface area (Å²) in [6.07, 6.45) is 0. The summed E-state index contributed by atoms with van der Waals surface area (Å²) >= 11 is 0. The van der Waals surface area contributed by atoms with Gasteiger partial charge in [-0.2, -0.15) is 0 Å². The molecule has 156 valence electrons. The fourth-order valence-corrected chi connectivity index (χ4v) is 2.87. The summed E-state index contributed by atoms with van der Waals surface area (Å²) in [4.78, 5) is 24.2. The van der Waals surface area contributed by atoms with Crippen molar-refractivity contribution in [2.24, 2.45) is 5.14 Å². The lowest BCUT2D eigenvalue weighted by molar-refractivity contribution is -0.119. The highest BCUT2D eigenvalue weighted by Gasteiger charge is 2.20. The summed E-state index contributed by atoms with van der Waals surface area (Å²) in [5.74, 6) is -0.667. The van der Waals surface area contributed by atoms with E-state index in [4.69, 9.17) is 24.1 Å². The number of methoxy groups -OCH3 is 3. The number of rotatable bonds is 8. The molecular weight excluding hydrogens is 404 g/mol. The van der Waals surface area contributed by atoms with Crippen molar-refractivity contribution in [1.29, 1.82) is 0 Å². The van der Waals surface area contributed by atoms with Crippen LogP contribution in [0, 0.1) is 0 Å². The molecule has 0 spiro atoms. The van der Waals surface area contributed by atoms with Crippen LogP contribution in [0.2, 0.25) is 0 Å². The molecule has 0 unspecified atom stereocenters. The van der Waals surface area contributed by atoms with Crippen LogP contribution >= 0.6 is 0 Å². The maximum Gasteiger partial charge on any atom is 0.342 e. The summed E-state index contributed by atoms with van der Waals surface area (Å²) < 4.78 is 43.2. The normalized spacial score (nSPS) is 10.8. The first-order valence-corrected chi connectivity index (χ1v) is 9.64. The Labute approximate surface area is 167 Å². The molecule has 0 radical (unpaired) electrons. The van der Waals surface area contributed by atoms with Crippen molar-refractivity contribution in [2.45, 2.75) is 4.90 Å². The van der Waals surface area contributed by atoms with Crippen LogP contribution in [0.4, 0.5) is 5.69 Å². The first kappa shape index (κ1) is 22.0. The predicted octanol–water partition coefficient (Wildman–Crippen LogP) is 1.16. The number of anilines is 1. The molecule has 2 aromatic carbocycles.